The number of rotatable bonds is 6. The van der Waals surface area contributed by atoms with Crippen molar-refractivity contribution in [1.29, 1.82) is 0 Å². The van der Waals surface area contributed by atoms with E-state index in [9.17, 15) is 14.3 Å². The van der Waals surface area contributed by atoms with Gasteiger partial charge in [-0.05, 0) is 53.9 Å². The third-order valence-corrected chi connectivity index (χ3v) is 5.69. The normalized spacial score (nSPS) is 18.9. The molecule has 1 fully saturated rings. The standard InChI is InChI=1S/C25H27FN2O3/c1-16(2)23-15-21(22-5-3-4-11-27-22)25(17-6-8-18(26)9-7-17)28(23)12-10-20-13-19(29)14-24(30)31-20/h3-9,11,15-16,19-20,29H,10,12-14H2,1-2H3/t19-,20-/m0/s1. The maximum Gasteiger partial charge on any atom is 0.308 e. The van der Waals surface area contributed by atoms with Gasteiger partial charge in [0.25, 0.3) is 0 Å². The summed E-state index contributed by atoms with van der Waals surface area (Å²) < 4.78 is 21.3. The molecule has 4 rings (SSSR count). The number of benzene rings is 1. The van der Waals surface area contributed by atoms with E-state index in [1.165, 1.54) is 12.1 Å². The number of ether oxygens (including phenoxy) is 1. The van der Waals surface area contributed by atoms with Crippen LogP contribution in [0.5, 0.6) is 0 Å². The van der Waals surface area contributed by atoms with E-state index in [1.54, 1.807) is 18.3 Å². The van der Waals surface area contributed by atoms with Crippen LogP contribution >= 0.6 is 0 Å². The molecule has 0 radical (unpaired) electrons. The Balaban J connectivity index is 1.77. The molecule has 0 aliphatic carbocycles. The first-order valence-corrected chi connectivity index (χ1v) is 10.7. The van der Waals surface area contributed by atoms with Crippen molar-refractivity contribution in [2.24, 2.45) is 0 Å². The van der Waals surface area contributed by atoms with E-state index >= 15 is 0 Å². The number of esters is 1. The van der Waals surface area contributed by atoms with E-state index in [2.05, 4.69) is 29.5 Å². The monoisotopic (exact) mass is 422 g/mol. The summed E-state index contributed by atoms with van der Waals surface area (Å²) >= 11 is 0. The summed E-state index contributed by atoms with van der Waals surface area (Å²) in [6.07, 6.45) is 1.89. The zero-order chi connectivity index (χ0) is 22.0. The average molecular weight is 423 g/mol. The van der Waals surface area contributed by atoms with E-state index in [0.717, 1.165) is 28.2 Å². The lowest BCUT2D eigenvalue weighted by Crippen LogP contribution is -2.33. The quantitative estimate of drug-likeness (QED) is 0.572. The van der Waals surface area contributed by atoms with Crippen molar-refractivity contribution >= 4 is 5.97 Å². The number of aliphatic hydroxyl groups excluding tert-OH is 1. The average Bonchev–Trinajstić information content (AvgIpc) is 3.12. The number of cyclic esters (lactones) is 1. The minimum absolute atomic E-state index is 0.0575. The second-order valence-electron chi connectivity index (χ2n) is 8.35. The van der Waals surface area contributed by atoms with E-state index in [4.69, 9.17) is 4.74 Å². The predicted molar refractivity (Wildman–Crippen MR) is 117 cm³/mol. The second kappa shape index (κ2) is 9.02. The highest BCUT2D eigenvalue weighted by molar-refractivity contribution is 5.81. The van der Waals surface area contributed by atoms with Crippen molar-refractivity contribution in [3.8, 4) is 22.5 Å². The van der Waals surface area contributed by atoms with Crippen LogP contribution in [0.1, 0.15) is 44.7 Å². The van der Waals surface area contributed by atoms with Crippen LogP contribution in [0.4, 0.5) is 4.39 Å². The van der Waals surface area contributed by atoms with Crippen LogP contribution in [0.15, 0.2) is 54.7 Å². The maximum atomic E-state index is 13.6. The van der Waals surface area contributed by atoms with Crippen molar-refractivity contribution in [3.05, 3.63) is 66.2 Å². The summed E-state index contributed by atoms with van der Waals surface area (Å²) in [6, 6.07) is 14.4. The lowest BCUT2D eigenvalue weighted by molar-refractivity contribution is -0.160. The van der Waals surface area contributed by atoms with Gasteiger partial charge in [-0.1, -0.05) is 19.9 Å². The molecule has 1 aromatic carbocycles. The first-order valence-electron chi connectivity index (χ1n) is 10.7. The fourth-order valence-corrected chi connectivity index (χ4v) is 4.24. The second-order valence-corrected chi connectivity index (χ2v) is 8.35. The number of aliphatic hydroxyl groups is 1. The van der Waals surface area contributed by atoms with Gasteiger partial charge in [-0.3, -0.25) is 9.78 Å². The summed E-state index contributed by atoms with van der Waals surface area (Å²) in [5, 5.41) is 9.95. The Morgan fingerprint density at radius 1 is 1.23 bits per heavy atom. The van der Waals surface area contributed by atoms with E-state index in [0.29, 0.717) is 19.4 Å². The third-order valence-electron chi connectivity index (χ3n) is 5.69. The van der Waals surface area contributed by atoms with Gasteiger partial charge in [-0.15, -0.1) is 0 Å². The van der Waals surface area contributed by atoms with Gasteiger partial charge in [-0.2, -0.15) is 0 Å². The van der Waals surface area contributed by atoms with E-state index in [1.807, 2.05) is 18.2 Å². The summed E-state index contributed by atoms with van der Waals surface area (Å²) in [6.45, 7) is 4.87. The van der Waals surface area contributed by atoms with Crippen molar-refractivity contribution in [2.75, 3.05) is 0 Å². The molecular weight excluding hydrogens is 395 g/mol. The Kier molecular flexibility index (Phi) is 6.18. The molecule has 0 spiro atoms. The number of halogens is 1. The van der Waals surface area contributed by atoms with Crippen molar-refractivity contribution in [3.63, 3.8) is 0 Å². The Morgan fingerprint density at radius 3 is 2.65 bits per heavy atom. The number of carbonyl (C=O) groups is 1. The van der Waals surface area contributed by atoms with Crippen LogP contribution in [0.25, 0.3) is 22.5 Å². The Bertz CT molecular complexity index is 1040. The van der Waals surface area contributed by atoms with Gasteiger partial charge in [0.15, 0.2) is 0 Å². The van der Waals surface area contributed by atoms with Gasteiger partial charge in [0.2, 0.25) is 0 Å². The molecule has 31 heavy (non-hydrogen) atoms. The molecule has 1 saturated heterocycles. The highest BCUT2D eigenvalue weighted by Crippen LogP contribution is 2.37. The highest BCUT2D eigenvalue weighted by Gasteiger charge is 2.28. The molecule has 2 atom stereocenters. The molecule has 0 amide bonds. The molecule has 0 unspecified atom stereocenters. The van der Waals surface area contributed by atoms with Crippen LogP contribution in [-0.4, -0.2) is 32.8 Å². The molecule has 0 bridgehead atoms. The number of pyridine rings is 1. The predicted octanol–water partition coefficient (Wildman–Crippen LogP) is 4.94. The topological polar surface area (TPSA) is 64.3 Å². The van der Waals surface area contributed by atoms with E-state index in [-0.39, 0.29) is 30.2 Å². The Morgan fingerprint density at radius 2 is 2.00 bits per heavy atom. The van der Waals surface area contributed by atoms with Crippen molar-refractivity contribution in [2.45, 2.75) is 57.8 Å². The first-order chi connectivity index (χ1) is 14.9. The minimum atomic E-state index is -0.652. The zero-order valence-corrected chi connectivity index (χ0v) is 17.8. The van der Waals surface area contributed by atoms with Crippen molar-refractivity contribution in [1.82, 2.24) is 9.55 Å². The Labute approximate surface area is 181 Å². The number of hydrogen-bond donors (Lipinski definition) is 1. The van der Waals surface area contributed by atoms with Gasteiger partial charge in [0.05, 0.1) is 23.9 Å². The molecule has 2 aromatic heterocycles. The molecule has 5 nitrogen and oxygen atoms in total. The van der Waals surface area contributed by atoms with Crippen LogP contribution < -0.4 is 0 Å². The molecule has 3 heterocycles. The molecule has 1 aliphatic rings. The third kappa shape index (κ3) is 4.69. The molecule has 1 N–H and O–H groups in total. The summed E-state index contributed by atoms with van der Waals surface area (Å²) in [5.41, 5.74) is 4.82. The fraction of sp³-hybridized carbons (Fsp3) is 0.360. The van der Waals surface area contributed by atoms with E-state index < -0.39 is 6.10 Å². The molecule has 6 heteroatoms. The number of carbonyl (C=O) groups excluding carboxylic acids is 1. The van der Waals surface area contributed by atoms with Crippen LogP contribution in [0.3, 0.4) is 0 Å². The smallest absolute Gasteiger partial charge is 0.308 e. The summed E-state index contributed by atoms with van der Waals surface area (Å²) in [5.74, 6) is -0.391. The van der Waals surface area contributed by atoms with Crippen molar-refractivity contribution < 1.29 is 19.0 Å². The number of nitrogens with zero attached hydrogens (tertiary/aromatic N) is 2. The van der Waals surface area contributed by atoms with Crippen LogP contribution in [0.2, 0.25) is 0 Å². The fourth-order valence-electron chi connectivity index (χ4n) is 4.24. The van der Waals surface area contributed by atoms with Gasteiger partial charge >= 0.3 is 5.97 Å². The summed E-state index contributed by atoms with van der Waals surface area (Å²) in [4.78, 5) is 16.3. The summed E-state index contributed by atoms with van der Waals surface area (Å²) in [7, 11) is 0. The lowest BCUT2D eigenvalue weighted by atomic mass is 10.0. The molecule has 0 saturated carbocycles. The number of hydrogen-bond acceptors (Lipinski definition) is 4. The zero-order valence-electron chi connectivity index (χ0n) is 17.8. The van der Waals surface area contributed by atoms with Crippen LogP contribution in [-0.2, 0) is 16.1 Å². The number of aromatic nitrogens is 2. The molecular formula is C25H27FN2O3. The molecule has 162 valence electrons. The van der Waals surface area contributed by atoms with Gasteiger partial charge in [-0.25, -0.2) is 4.39 Å². The van der Waals surface area contributed by atoms with Gasteiger partial charge in [0.1, 0.15) is 11.9 Å². The highest BCUT2D eigenvalue weighted by atomic mass is 19.1. The van der Waals surface area contributed by atoms with Gasteiger partial charge in [0, 0.05) is 36.8 Å². The Hall–Kier alpha value is -2.99. The molecule has 3 aromatic rings. The van der Waals surface area contributed by atoms with Gasteiger partial charge < -0.3 is 14.4 Å². The lowest BCUT2D eigenvalue weighted by Gasteiger charge is -2.27. The van der Waals surface area contributed by atoms with Crippen LogP contribution in [0, 0.1) is 5.82 Å². The first kappa shape index (κ1) is 21.2. The maximum absolute atomic E-state index is 13.6. The molecule has 1 aliphatic heterocycles. The SMILES string of the molecule is CC(C)c1cc(-c2ccccn2)c(-c2ccc(F)cc2)n1CC[C@H]1C[C@H](O)CC(=O)O1. The largest absolute Gasteiger partial charge is 0.462 e. The minimum Gasteiger partial charge on any atom is -0.462 e.